The van der Waals surface area contributed by atoms with Gasteiger partial charge in [-0.25, -0.2) is 0 Å². The summed E-state index contributed by atoms with van der Waals surface area (Å²) < 4.78 is 6.28. The van der Waals surface area contributed by atoms with Gasteiger partial charge in [-0.05, 0) is 24.1 Å². The second-order valence-electron chi connectivity index (χ2n) is 7.11. The van der Waals surface area contributed by atoms with Crippen LogP contribution in [-0.2, 0) is 4.43 Å². The van der Waals surface area contributed by atoms with E-state index in [9.17, 15) is 5.26 Å². The van der Waals surface area contributed by atoms with Gasteiger partial charge in [0.2, 0.25) is 0 Å². The van der Waals surface area contributed by atoms with Crippen molar-refractivity contribution in [3.8, 4) is 6.07 Å². The van der Waals surface area contributed by atoms with Gasteiger partial charge in [0, 0.05) is 5.41 Å². The Labute approximate surface area is 114 Å². The third kappa shape index (κ3) is 3.46. The van der Waals surface area contributed by atoms with Gasteiger partial charge in [-0.3, -0.25) is 0 Å². The van der Waals surface area contributed by atoms with Crippen LogP contribution in [0.15, 0.2) is 12.7 Å². The minimum atomic E-state index is -1.93. The molecule has 0 fully saturated rings. The number of hydrogen-bond donors (Lipinski definition) is 0. The van der Waals surface area contributed by atoms with Crippen LogP contribution in [0.3, 0.4) is 0 Å². The molecule has 0 spiro atoms. The average Bonchev–Trinajstić information content (AvgIpc) is 2.22. The van der Waals surface area contributed by atoms with E-state index in [1.165, 1.54) is 0 Å². The Morgan fingerprint density at radius 3 is 1.89 bits per heavy atom. The second kappa shape index (κ2) is 5.58. The van der Waals surface area contributed by atoms with E-state index in [1.54, 1.807) is 0 Å². The van der Waals surface area contributed by atoms with Crippen molar-refractivity contribution in [2.24, 2.45) is 11.3 Å². The zero-order valence-corrected chi connectivity index (χ0v) is 14.3. The predicted molar refractivity (Wildman–Crippen MR) is 80.8 cm³/mol. The molecule has 0 amide bonds. The van der Waals surface area contributed by atoms with Crippen molar-refractivity contribution in [2.75, 3.05) is 0 Å². The molecule has 0 unspecified atom stereocenters. The Kier molecular flexibility index (Phi) is 5.40. The highest BCUT2D eigenvalue weighted by atomic mass is 28.4. The molecule has 0 aromatic heterocycles. The maximum atomic E-state index is 9.47. The molecule has 0 aromatic carbocycles. The minimum absolute atomic E-state index is 0.112. The third-order valence-corrected chi connectivity index (χ3v) is 9.02. The Balaban J connectivity index is 5.28. The fourth-order valence-corrected chi connectivity index (χ4v) is 2.66. The smallest absolute Gasteiger partial charge is 0.193 e. The number of rotatable bonds is 5. The van der Waals surface area contributed by atoms with Crippen LogP contribution in [0.5, 0.6) is 0 Å². The lowest BCUT2D eigenvalue weighted by Gasteiger charge is -2.43. The Morgan fingerprint density at radius 1 is 1.22 bits per heavy atom. The van der Waals surface area contributed by atoms with Gasteiger partial charge in [-0.15, -0.1) is 6.58 Å². The van der Waals surface area contributed by atoms with E-state index in [2.05, 4.69) is 67.3 Å². The van der Waals surface area contributed by atoms with Crippen molar-refractivity contribution < 1.29 is 4.43 Å². The SMILES string of the molecule is C=C[C@](C)(C(C)C)[C@H](C#N)O[Si](C)(C)C(C)(C)C. The van der Waals surface area contributed by atoms with Crippen LogP contribution >= 0.6 is 0 Å². The third-order valence-electron chi connectivity index (χ3n) is 4.58. The fraction of sp³-hybridized carbons (Fsp3) is 0.800. The maximum absolute atomic E-state index is 9.47. The van der Waals surface area contributed by atoms with Crippen LogP contribution < -0.4 is 0 Å². The van der Waals surface area contributed by atoms with Crippen molar-refractivity contribution in [3.63, 3.8) is 0 Å². The van der Waals surface area contributed by atoms with E-state index >= 15 is 0 Å². The quantitative estimate of drug-likeness (QED) is 0.532. The molecule has 0 aliphatic heterocycles. The standard InChI is InChI=1S/C15H29NOSi/c1-10-15(7,12(2)3)13(11-16)17-18(8,9)14(4,5)6/h10,12-13H,1H2,2-9H3/t13-,15+/m0/s1. The van der Waals surface area contributed by atoms with Crippen molar-refractivity contribution in [2.45, 2.75) is 65.8 Å². The highest BCUT2D eigenvalue weighted by molar-refractivity contribution is 6.74. The van der Waals surface area contributed by atoms with E-state index in [-0.39, 0.29) is 10.5 Å². The van der Waals surface area contributed by atoms with Gasteiger partial charge < -0.3 is 4.43 Å². The van der Waals surface area contributed by atoms with E-state index in [4.69, 9.17) is 4.43 Å². The van der Waals surface area contributed by atoms with Gasteiger partial charge in [0.05, 0.1) is 6.07 Å². The molecule has 2 atom stereocenters. The molecule has 0 aliphatic carbocycles. The van der Waals surface area contributed by atoms with E-state index < -0.39 is 14.4 Å². The Morgan fingerprint density at radius 2 is 1.67 bits per heavy atom. The zero-order chi connectivity index (χ0) is 14.8. The summed E-state index contributed by atoms with van der Waals surface area (Å²) in [5.74, 6) is 0.324. The van der Waals surface area contributed by atoms with Crippen LogP contribution in [0, 0.1) is 22.7 Å². The van der Waals surface area contributed by atoms with Crippen LogP contribution in [0.2, 0.25) is 18.1 Å². The molecule has 0 rings (SSSR count). The van der Waals surface area contributed by atoms with E-state index in [1.807, 2.05) is 6.08 Å². The van der Waals surface area contributed by atoms with Gasteiger partial charge >= 0.3 is 0 Å². The molecule has 0 saturated heterocycles. The first-order valence-corrected chi connectivity index (χ1v) is 9.54. The summed E-state index contributed by atoms with van der Waals surface area (Å²) in [5, 5.41) is 9.58. The molecule has 0 aliphatic rings. The lowest BCUT2D eigenvalue weighted by molar-refractivity contribution is 0.0910. The van der Waals surface area contributed by atoms with Crippen molar-refractivity contribution in [1.29, 1.82) is 5.26 Å². The molecule has 2 nitrogen and oxygen atoms in total. The van der Waals surface area contributed by atoms with Gasteiger partial charge in [-0.1, -0.05) is 47.6 Å². The van der Waals surface area contributed by atoms with Crippen molar-refractivity contribution >= 4 is 8.32 Å². The van der Waals surface area contributed by atoms with Gasteiger partial charge in [0.25, 0.3) is 0 Å². The molecular formula is C15H29NOSi. The van der Waals surface area contributed by atoms with E-state index in [0.717, 1.165) is 0 Å². The van der Waals surface area contributed by atoms with E-state index in [0.29, 0.717) is 5.92 Å². The van der Waals surface area contributed by atoms with Gasteiger partial charge in [-0.2, -0.15) is 5.26 Å². The second-order valence-corrected chi connectivity index (χ2v) is 11.9. The fourth-order valence-electron chi connectivity index (χ4n) is 1.41. The van der Waals surface area contributed by atoms with Crippen molar-refractivity contribution in [1.82, 2.24) is 0 Å². The number of nitrogens with zero attached hydrogens (tertiary/aromatic N) is 1. The summed E-state index contributed by atoms with van der Waals surface area (Å²) >= 11 is 0. The molecule has 104 valence electrons. The summed E-state index contributed by atoms with van der Waals surface area (Å²) in [6, 6.07) is 2.34. The predicted octanol–water partition coefficient (Wildman–Crippen LogP) is 4.75. The molecule has 0 heterocycles. The normalized spacial score (nSPS) is 18.0. The lowest BCUT2D eigenvalue weighted by atomic mass is 9.75. The maximum Gasteiger partial charge on any atom is 0.193 e. The highest BCUT2D eigenvalue weighted by Crippen LogP contribution is 2.42. The minimum Gasteiger partial charge on any atom is -0.401 e. The first-order valence-electron chi connectivity index (χ1n) is 6.63. The van der Waals surface area contributed by atoms with Gasteiger partial charge in [0.1, 0.15) is 6.10 Å². The first kappa shape index (κ1) is 17.4. The highest BCUT2D eigenvalue weighted by Gasteiger charge is 2.44. The summed E-state index contributed by atoms with van der Waals surface area (Å²) in [7, 11) is -1.93. The molecule has 0 radical (unpaired) electrons. The summed E-state index contributed by atoms with van der Waals surface area (Å²) in [5.41, 5.74) is -0.301. The molecule has 18 heavy (non-hydrogen) atoms. The molecule has 0 bridgehead atoms. The van der Waals surface area contributed by atoms with Crippen LogP contribution in [0.25, 0.3) is 0 Å². The zero-order valence-electron chi connectivity index (χ0n) is 13.3. The monoisotopic (exact) mass is 267 g/mol. The summed E-state index contributed by atoms with van der Waals surface area (Å²) in [6.45, 7) is 21.1. The molecule has 0 N–H and O–H groups in total. The van der Waals surface area contributed by atoms with Crippen LogP contribution in [0.1, 0.15) is 41.5 Å². The van der Waals surface area contributed by atoms with Gasteiger partial charge in [0.15, 0.2) is 8.32 Å². The molecule has 0 aromatic rings. The number of hydrogen-bond acceptors (Lipinski definition) is 2. The number of nitriles is 1. The lowest BCUT2D eigenvalue weighted by Crippen LogP contribution is -2.49. The Bertz CT molecular complexity index is 335. The topological polar surface area (TPSA) is 33.0 Å². The largest absolute Gasteiger partial charge is 0.401 e. The Hall–Kier alpha value is -0.593. The average molecular weight is 267 g/mol. The van der Waals surface area contributed by atoms with Crippen LogP contribution in [-0.4, -0.2) is 14.4 Å². The summed E-state index contributed by atoms with van der Waals surface area (Å²) in [4.78, 5) is 0. The molecular weight excluding hydrogens is 238 g/mol. The molecule has 3 heteroatoms. The van der Waals surface area contributed by atoms with Crippen LogP contribution in [0.4, 0.5) is 0 Å². The molecule has 0 saturated carbocycles. The van der Waals surface area contributed by atoms with Crippen molar-refractivity contribution in [3.05, 3.63) is 12.7 Å². The first-order chi connectivity index (χ1) is 7.92. The summed E-state index contributed by atoms with van der Waals surface area (Å²) in [6.07, 6.45) is 1.45.